The molecule has 0 radical (unpaired) electrons. The lowest BCUT2D eigenvalue weighted by Crippen LogP contribution is -2.50. The van der Waals surface area contributed by atoms with Crippen LogP contribution in [0.1, 0.15) is 47.4 Å². The number of pyridine rings is 1. The van der Waals surface area contributed by atoms with Crippen molar-refractivity contribution in [3.63, 3.8) is 0 Å². The lowest BCUT2D eigenvalue weighted by atomic mass is 10.1. The smallest absolute Gasteiger partial charge is 0.259 e. The van der Waals surface area contributed by atoms with Gasteiger partial charge in [-0.25, -0.2) is 4.98 Å². The zero-order chi connectivity index (χ0) is 17.6. The highest BCUT2D eigenvalue weighted by molar-refractivity contribution is 6.06. The second kappa shape index (κ2) is 6.38. The van der Waals surface area contributed by atoms with Gasteiger partial charge >= 0.3 is 0 Å². The molecule has 0 spiro atoms. The molecule has 1 N–H and O–H groups in total. The van der Waals surface area contributed by atoms with Gasteiger partial charge in [0, 0.05) is 44.3 Å². The van der Waals surface area contributed by atoms with Crippen LogP contribution >= 0.6 is 0 Å². The summed E-state index contributed by atoms with van der Waals surface area (Å²) in [4.78, 5) is 21.6. The maximum Gasteiger partial charge on any atom is 0.259 e. The monoisotopic (exact) mass is 344 g/mol. The zero-order valence-corrected chi connectivity index (χ0v) is 14.7. The molecule has 1 atom stereocenters. The number of hydrogen-bond donors (Lipinski definition) is 1. The van der Waals surface area contributed by atoms with E-state index in [0.717, 1.165) is 42.7 Å². The quantitative estimate of drug-likeness (QED) is 0.906. The summed E-state index contributed by atoms with van der Waals surface area (Å²) in [7, 11) is 0. The van der Waals surface area contributed by atoms with Crippen molar-refractivity contribution in [1.82, 2.24) is 19.9 Å². The Kier molecular flexibility index (Phi) is 4.21. The molecule has 25 heavy (non-hydrogen) atoms. The highest BCUT2D eigenvalue weighted by Crippen LogP contribution is 2.43. The Morgan fingerprint density at radius 3 is 2.72 bits per heavy atom. The minimum atomic E-state index is -0.345. The molecule has 1 aliphatic carbocycles. The molecule has 1 saturated carbocycles. The first-order chi connectivity index (χ1) is 12.0. The molecule has 2 aliphatic rings. The minimum Gasteiger partial charge on any atom is -0.392 e. The van der Waals surface area contributed by atoms with E-state index in [2.05, 4.69) is 15.0 Å². The van der Waals surface area contributed by atoms with Gasteiger partial charge in [0.2, 0.25) is 0 Å². The molecule has 1 saturated heterocycles. The molecule has 0 bridgehead atoms. The highest BCUT2D eigenvalue weighted by atomic mass is 16.5. The molecule has 7 heteroatoms. The number of fused-ring (bicyclic) bond motifs is 1. The fourth-order valence-corrected chi connectivity index (χ4v) is 3.58. The summed E-state index contributed by atoms with van der Waals surface area (Å²) in [6.45, 7) is 7.20. The van der Waals surface area contributed by atoms with Crippen LogP contribution in [0.25, 0.3) is 11.1 Å². The summed E-state index contributed by atoms with van der Waals surface area (Å²) in [5.74, 6) is 0.428. The third-order valence-corrected chi connectivity index (χ3v) is 4.98. The molecule has 4 rings (SSSR count). The Morgan fingerprint density at radius 2 is 2.08 bits per heavy atom. The average Bonchev–Trinajstić information content (AvgIpc) is 3.33. The topological polar surface area (TPSA) is 82.7 Å². The summed E-state index contributed by atoms with van der Waals surface area (Å²) in [6.07, 6.45) is 1.85. The van der Waals surface area contributed by atoms with Crippen LogP contribution in [0.2, 0.25) is 0 Å². The number of rotatable bonds is 4. The Morgan fingerprint density at radius 1 is 1.36 bits per heavy atom. The van der Waals surface area contributed by atoms with Crippen molar-refractivity contribution in [2.45, 2.75) is 38.7 Å². The molecule has 1 aliphatic heterocycles. The van der Waals surface area contributed by atoms with Crippen molar-refractivity contribution < 1.29 is 14.4 Å². The molecule has 2 fully saturated rings. The number of aliphatic hydroxyl groups is 1. The van der Waals surface area contributed by atoms with E-state index in [1.807, 2.05) is 17.9 Å². The van der Waals surface area contributed by atoms with Crippen LogP contribution in [0.5, 0.6) is 0 Å². The zero-order valence-electron chi connectivity index (χ0n) is 14.7. The van der Waals surface area contributed by atoms with Crippen molar-refractivity contribution >= 4 is 17.0 Å². The lowest BCUT2D eigenvalue weighted by molar-refractivity contribution is 0.0555. The molecule has 7 nitrogen and oxygen atoms in total. The molecule has 2 aromatic heterocycles. The van der Waals surface area contributed by atoms with Gasteiger partial charge in [0.15, 0.2) is 0 Å². The van der Waals surface area contributed by atoms with Crippen LogP contribution in [-0.4, -0.2) is 69.8 Å². The van der Waals surface area contributed by atoms with Crippen molar-refractivity contribution in [3.05, 3.63) is 23.0 Å². The fraction of sp³-hybridized carbons (Fsp3) is 0.611. The van der Waals surface area contributed by atoms with E-state index in [0.29, 0.717) is 36.8 Å². The van der Waals surface area contributed by atoms with E-state index < -0.39 is 0 Å². The SMILES string of the molecule is Cc1cc(C(=O)N2CCN(C[C@@H](C)O)CC2)c2c(C3CC3)noc2n1. The van der Waals surface area contributed by atoms with Crippen LogP contribution in [0.3, 0.4) is 0 Å². The summed E-state index contributed by atoms with van der Waals surface area (Å²) in [5, 5.41) is 14.5. The third-order valence-electron chi connectivity index (χ3n) is 4.98. The molecule has 0 aromatic carbocycles. The van der Waals surface area contributed by atoms with Crippen LogP contribution < -0.4 is 0 Å². The highest BCUT2D eigenvalue weighted by Gasteiger charge is 2.33. The number of amides is 1. The van der Waals surface area contributed by atoms with Crippen molar-refractivity contribution in [2.75, 3.05) is 32.7 Å². The lowest BCUT2D eigenvalue weighted by Gasteiger charge is -2.35. The number of aryl methyl sites for hydroxylation is 1. The van der Waals surface area contributed by atoms with E-state index in [4.69, 9.17) is 4.52 Å². The number of piperazine rings is 1. The summed E-state index contributed by atoms with van der Waals surface area (Å²) >= 11 is 0. The van der Waals surface area contributed by atoms with Crippen molar-refractivity contribution in [2.24, 2.45) is 0 Å². The molecule has 0 unspecified atom stereocenters. The van der Waals surface area contributed by atoms with E-state index in [1.165, 1.54) is 0 Å². The number of carbonyl (C=O) groups excluding carboxylic acids is 1. The molecule has 2 aromatic rings. The standard InChI is InChI=1S/C18H24N4O3/c1-11-9-14(15-16(13-3-4-13)20-25-17(15)19-11)18(24)22-7-5-21(6-8-22)10-12(2)23/h9,12-13,23H,3-8,10H2,1-2H3/t12-/m1/s1. The second-order valence-corrected chi connectivity index (χ2v) is 7.28. The normalized spacial score (nSPS) is 20.2. The molecular weight excluding hydrogens is 320 g/mol. The maximum atomic E-state index is 13.1. The number of aliphatic hydroxyl groups excluding tert-OH is 1. The van der Waals surface area contributed by atoms with E-state index in [1.54, 1.807) is 6.92 Å². The van der Waals surface area contributed by atoms with E-state index in [9.17, 15) is 9.90 Å². The average molecular weight is 344 g/mol. The van der Waals surface area contributed by atoms with Gasteiger partial charge in [0.05, 0.1) is 22.7 Å². The van der Waals surface area contributed by atoms with Gasteiger partial charge in [-0.2, -0.15) is 0 Å². The number of aromatic nitrogens is 2. The van der Waals surface area contributed by atoms with Gasteiger partial charge in [-0.15, -0.1) is 0 Å². The van der Waals surface area contributed by atoms with Gasteiger partial charge in [0.25, 0.3) is 11.6 Å². The minimum absolute atomic E-state index is 0.0253. The first-order valence-electron chi connectivity index (χ1n) is 8.99. The van der Waals surface area contributed by atoms with Gasteiger partial charge in [-0.3, -0.25) is 9.69 Å². The van der Waals surface area contributed by atoms with Crippen molar-refractivity contribution in [1.29, 1.82) is 0 Å². The van der Waals surface area contributed by atoms with Gasteiger partial charge in [0.1, 0.15) is 0 Å². The summed E-state index contributed by atoms with van der Waals surface area (Å²) < 4.78 is 5.40. The number of nitrogens with zero attached hydrogens (tertiary/aromatic N) is 4. The molecule has 134 valence electrons. The van der Waals surface area contributed by atoms with Crippen LogP contribution in [0.15, 0.2) is 10.6 Å². The second-order valence-electron chi connectivity index (χ2n) is 7.28. The Bertz CT molecular complexity index is 789. The summed E-state index contributed by atoms with van der Waals surface area (Å²) in [6, 6.07) is 1.86. The maximum absolute atomic E-state index is 13.1. The number of β-amino-alcohol motifs (C(OH)–C–C–N with tert-alkyl or cyclic N) is 1. The fourth-order valence-electron chi connectivity index (χ4n) is 3.58. The molecule has 1 amide bonds. The Balaban J connectivity index is 1.59. The van der Waals surface area contributed by atoms with Crippen molar-refractivity contribution in [3.8, 4) is 0 Å². The first kappa shape index (κ1) is 16.5. The van der Waals surface area contributed by atoms with Gasteiger partial charge < -0.3 is 14.5 Å². The number of carbonyl (C=O) groups is 1. The Hall–Kier alpha value is -1.99. The molecular formula is C18H24N4O3. The van der Waals surface area contributed by atoms with Crippen LogP contribution in [-0.2, 0) is 0 Å². The Labute approximate surface area is 146 Å². The van der Waals surface area contributed by atoms with E-state index >= 15 is 0 Å². The first-order valence-corrected chi connectivity index (χ1v) is 8.99. The predicted molar refractivity (Wildman–Crippen MR) is 92.5 cm³/mol. The largest absolute Gasteiger partial charge is 0.392 e. The summed E-state index contributed by atoms with van der Waals surface area (Å²) in [5.41, 5.74) is 2.79. The number of hydrogen-bond acceptors (Lipinski definition) is 6. The third kappa shape index (κ3) is 3.26. The van der Waals surface area contributed by atoms with E-state index in [-0.39, 0.29) is 12.0 Å². The predicted octanol–water partition coefficient (Wildman–Crippen LogP) is 1.55. The van der Waals surface area contributed by atoms with Crippen LogP contribution in [0, 0.1) is 6.92 Å². The van der Waals surface area contributed by atoms with Crippen LogP contribution in [0.4, 0.5) is 0 Å². The van der Waals surface area contributed by atoms with Gasteiger partial charge in [-0.05, 0) is 32.8 Å². The molecule has 3 heterocycles. The van der Waals surface area contributed by atoms with Gasteiger partial charge in [-0.1, -0.05) is 5.16 Å².